The predicted molar refractivity (Wildman–Crippen MR) is 93.8 cm³/mol. The highest BCUT2D eigenvalue weighted by Gasteiger charge is 2.27. The molecule has 0 aliphatic carbocycles. The van der Waals surface area contributed by atoms with Crippen molar-refractivity contribution < 1.29 is 14.3 Å². The van der Waals surface area contributed by atoms with Crippen molar-refractivity contribution in [2.75, 3.05) is 18.0 Å². The van der Waals surface area contributed by atoms with E-state index >= 15 is 0 Å². The van der Waals surface area contributed by atoms with Crippen LogP contribution in [0, 0.1) is 5.82 Å². The third kappa shape index (κ3) is 3.50. The van der Waals surface area contributed by atoms with E-state index in [0.29, 0.717) is 22.2 Å². The van der Waals surface area contributed by atoms with Crippen LogP contribution in [0.3, 0.4) is 0 Å². The van der Waals surface area contributed by atoms with Crippen LogP contribution in [-0.4, -0.2) is 24.2 Å². The van der Waals surface area contributed by atoms with Gasteiger partial charge in [0, 0.05) is 24.7 Å². The average Bonchev–Trinajstić information content (AvgIpc) is 3.01. The second kappa shape index (κ2) is 6.99. The van der Waals surface area contributed by atoms with Crippen molar-refractivity contribution in [1.82, 2.24) is 0 Å². The van der Waals surface area contributed by atoms with Gasteiger partial charge in [-0.05, 0) is 35.7 Å². The molecular weight excluding hydrogens is 352 g/mol. The normalized spacial score (nSPS) is 17.3. The van der Waals surface area contributed by atoms with E-state index < -0.39 is 11.8 Å². The van der Waals surface area contributed by atoms with Crippen LogP contribution < -0.4 is 4.90 Å². The van der Waals surface area contributed by atoms with E-state index in [1.807, 2.05) is 12.1 Å². The molecule has 3 rings (SSSR count). The number of carbonyl (C=O) groups is 1. The molecular formula is C18H16Cl2FNO2. The molecule has 0 radical (unpaired) electrons. The first-order valence-corrected chi connectivity index (χ1v) is 8.40. The van der Waals surface area contributed by atoms with Gasteiger partial charge in [0.15, 0.2) is 0 Å². The minimum absolute atomic E-state index is 0.0215. The Hall–Kier alpha value is -1.78. The van der Waals surface area contributed by atoms with Crippen molar-refractivity contribution >= 4 is 34.9 Å². The van der Waals surface area contributed by atoms with Crippen LogP contribution in [0.1, 0.15) is 23.5 Å². The molecule has 1 saturated heterocycles. The molecule has 2 aromatic rings. The van der Waals surface area contributed by atoms with Gasteiger partial charge in [0.05, 0.1) is 16.5 Å². The van der Waals surface area contributed by atoms with Crippen LogP contribution in [-0.2, 0) is 11.2 Å². The molecule has 1 aliphatic heterocycles. The number of halogens is 3. The van der Waals surface area contributed by atoms with E-state index in [-0.39, 0.29) is 17.9 Å². The number of nitrogens with zero attached hydrogens (tertiary/aromatic N) is 1. The summed E-state index contributed by atoms with van der Waals surface area (Å²) in [6.45, 7) is 1.44. The molecule has 6 heteroatoms. The zero-order valence-electron chi connectivity index (χ0n) is 12.8. The number of carboxylic acid groups (broad SMARTS) is 1. The first-order chi connectivity index (χ1) is 11.5. The topological polar surface area (TPSA) is 40.5 Å². The zero-order valence-corrected chi connectivity index (χ0v) is 14.3. The van der Waals surface area contributed by atoms with Crippen molar-refractivity contribution in [3.63, 3.8) is 0 Å². The highest BCUT2D eigenvalue weighted by molar-refractivity contribution is 6.42. The van der Waals surface area contributed by atoms with E-state index in [9.17, 15) is 9.18 Å². The maximum Gasteiger partial charge on any atom is 0.307 e. The average molecular weight is 368 g/mol. The smallest absolute Gasteiger partial charge is 0.307 e. The fraction of sp³-hybridized carbons (Fsp3) is 0.278. The maximum atomic E-state index is 14.6. The summed E-state index contributed by atoms with van der Waals surface area (Å²) in [6, 6.07) is 10.4. The highest BCUT2D eigenvalue weighted by atomic mass is 35.5. The number of carboxylic acids is 1. The molecule has 24 heavy (non-hydrogen) atoms. The van der Waals surface area contributed by atoms with Gasteiger partial charge in [0.1, 0.15) is 5.82 Å². The lowest BCUT2D eigenvalue weighted by Gasteiger charge is -2.20. The van der Waals surface area contributed by atoms with Gasteiger partial charge in [-0.25, -0.2) is 4.39 Å². The Morgan fingerprint density at radius 1 is 1.25 bits per heavy atom. The van der Waals surface area contributed by atoms with Crippen molar-refractivity contribution in [1.29, 1.82) is 0 Å². The Morgan fingerprint density at radius 3 is 2.75 bits per heavy atom. The summed E-state index contributed by atoms with van der Waals surface area (Å²) in [5, 5.41) is 9.88. The molecule has 1 aliphatic rings. The van der Waals surface area contributed by atoms with Gasteiger partial charge < -0.3 is 10.0 Å². The minimum Gasteiger partial charge on any atom is -0.481 e. The number of hydrogen-bond acceptors (Lipinski definition) is 2. The third-order valence-electron chi connectivity index (χ3n) is 4.35. The monoisotopic (exact) mass is 367 g/mol. The second-order valence-electron chi connectivity index (χ2n) is 5.92. The Kier molecular flexibility index (Phi) is 4.97. The fourth-order valence-electron chi connectivity index (χ4n) is 3.14. The molecule has 1 heterocycles. The van der Waals surface area contributed by atoms with Crippen LogP contribution in [0.2, 0.25) is 10.0 Å². The summed E-state index contributed by atoms with van der Waals surface area (Å²) in [5.41, 5.74) is 1.76. The summed E-state index contributed by atoms with van der Waals surface area (Å²) in [7, 11) is 0. The summed E-state index contributed by atoms with van der Waals surface area (Å²) in [6.07, 6.45) is 0.497. The predicted octanol–water partition coefficient (Wildman–Crippen LogP) is 4.75. The van der Waals surface area contributed by atoms with Gasteiger partial charge in [-0.3, -0.25) is 4.79 Å². The molecule has 126 valence electrons. The SMILES string of the molecule is O=C(O)Cc1cccc(C2CCN(c3ccc(Cl)c(Cl)c3)C2)c1F. The highest BCUT2D eigenvalue weighted by Crippen LogP contribution is 2.35. The lowest BCUT2D eigenvalue weighted by molar-refractivity contribution is -0.136. The number of hydrogen-bond donors (Lipinski definition) is 1. The molecule has 0 amide bonds. The van der Waals surface area contributed by atoms with Crippen molar-refractivity contribution in [2.24, 2.45) is 0 Å². The van der Waals surface area contributed by atoms with E-state index in [1.165, 1.54) is 6.07 Å². The quantitative estimate of drug-likeness (QED) is 0.847. The van der Waals surface area contributed by atoms with Crippen LogP contribution in [0.4, 0.5) is 10.1 Å². The maximum absolute atomic E-state index is 14.6. The summed E-state index contributed by atoms with van der Waals surface area (Å²) in [5.74, 6) is -1.41. The lowest BCUT2D eigenvalue weighted by atomic mass is 9.95. The standard InChI is InChI=1S/C18H16Cl2FNO2/c19-15-5-4-13(9-16(15)20)22-7-6-12(10-22)14-3-1-2-11(18(14)21)8-17(23)24/h1-5,9,12H,6-8,10H2,(H,23,24). The van der Waals surface area contributed by atoms with Crippen LogP contribution in [0.5, 0.6) is 0 Å². The molecule has 0 bridgehead atoms. The van der Waals surface area contributed by atoms with Gasteiger partial charge in [0.2, 0.25) is 0 Å². The number of benzene rings is 2. The third-order valence-corrected chi connectivity index (χ3v) is 5.09. The van der Waals surface area contributed by atoms with E-state index in [4.69, 9.17) is 28.3 Å². The Labute approximate surface area is 149 Å². The van der Waals surface area contributed by atoms with Gasteiger partial charge in [-0.15, -0.1) is 0 Å². The van der Waals surface area contributed by atoms with E-state index in [0.717, 1.165) is 18.7 Å². The van der Waals surface area contributed by atoms with E-state index in [1.54, 1.807) is 18.2 Å². The zero-order chi connectivity index (χ0) is 17.3. The molecule has 2 aromatic carbocycles. The fourth-order valence-corrected chi connectivity index (χ4v) is 3.44. The first-order valence-electron chi connectivity index (χ1n) is 7.65. The van der Waals surface area contributed by atoms with Gasteiger partial charge in [-0.1, -0.05) is 41.4 Å². The molecule has 1 atom stereocenters. The molecule has 1 unspecified atom stereocenters. The first kappa shape index (κ1) is 17.1. The molecule has 3 nitrogen and oxygen atoms in total. The summed E-state index contributed by atoms with van der Waals surface area (Å²) in [4.78, 5) is 13.0. The largest absolute Gasteiger partial charge is 0.481 e. The van der Waals surface area contributed by atoms with Crippen LogP contribution in [0.25, 0.3) is 0 Å². The van der Waals surface area contributed by atoms with Crippen molar-refractivity contribution in [3.8, 4) is 0 Å². The molecule has 1 fully saturated rings. The Balaban J connectivity index is 1.80. The van der Waals surface area contributed by atoms with Crippen LogP contribution >= 0.6 is 23.2 Å². The Bertz CT molecular complexity index is 782. The number of anilines is 1. The second-order valence-corrected chi connectivity index (χ2v) is 6.74. The molecule has 0 saturated carbocycles. The van der Waals surface area contributed by atoms with E-state index in [2.05, 4.69) is 4.90 Å². The van der Waals surface area contributed by atoms with Crippen molar-refractivity contribution in [3.05, 3.63) is 63.4 Å². The molecule has 0 aromatic heterocycles. The van der Waals surface area contributed by atoms with Gasteiger partial charge in [-0.2, -0.15) is 0 Å². The summed E-state index contributed by atoms with van der Waals surface area (Å²) >= 11 is 12.0. The van der Waals surface area contributed by atoms with Crippen molar-refractivity contribution in [2.45, 2.75) is 18.8 Å². The van der Waals surface area contributed by atoms with Gasteiger partial charge in [0.25, 0.3) is 0 Å². The number of rotatable bonds is 4. The van der Waals surface area contributed by atoms with Crippen LogP contribution in [0.15, 0.2) is 36.4 Å². The van der Waals surface area contributed by atoms with Gasteiger partial charge >= 0.3 is 5.97 Å². The lowest BCUT2D eigenvalue weighted by Crippen LogP contribution is -2.19. The molecule has 0 spiro atoms. The molecule has 1 N–H and O–H groups in total. The number of aliphatic carboxylic acids is 1. The Morgan fingerprint density at radius 2 is 2.04 bits per heavy atom. The summed E-state index contributed by atoms with van der Waals surface area (Å²) < 4.78 is 14.6. The minimum atomic E-state index is -1.03.